The van der Waals surface area contributed by atoms with Crippen LogP contribution < -0.4 is 5.32 Å². The second-order valence-corrected chi connectivity index (χ2v) is 8.68. The SMILES string of the molecule is CC[C@H](C)NC(=O)[C@H](C)N(Cc1ccc(F)cc1)C(=O)CSCc1ccc(Cl)cc1. The molecular weight excluding hydrogens is 423 g/mol. The number of amides is 2. The van der Waals surface area contributed by atoms with Crippen molar-refractivity contribution in [2.75, 3.05) is 5.75 Å². The van der Waals surface area contributed by atoms with Crippen LogP contribution in [0.15, 0.2) is 48.5 Å². The predicted molar refractivity (Wildman–Crippen MR) is 122 cm³/mol. The molecule has 0 unspecified atom stereocenters. The molecule has 0 radical (unpaired) electrons. The summed E-state index contributed by atoms with van der Waals surface area (Å²) in [5.41, 5.74) is 1.85. The fraction of sp³-hybridized carbons (Fsp3) is 0.391. The molecule has 0 aliphatic heterocycles. The van der Waals surface area contributed by atoms with Gasteiger partial charge in [0.15, 0.2) is 0 Å². The zero-order valence-electron chi connectivity index (χ0n) is 17.5. The Bertz CT molecular complexity index is 830. The minimum atomic E-state index is -0.632. The van der Waals surface area contributed by atoms with Gasteiger partial charge in [-0.25, -0.2) is 4.39 Å². The highest BCUT2D eigenvalue weighted by atomic mass is 35.5. The van der Waals surface area contributed by atoms with Gasteiger partial charge in [0, 0.05) is 23.4 Å². The summed E-state index contributed by atoms with van der Waals surface area (Å²) >= 11 is 7.39. The maximum absolute atomic E-state index is 13.2. The summed E-state index contributed by atoms with van der Waals surface area (Å²) in [7, 11) is 0. The van der Waals surface area contributed by atoms with Crippen molar-refractivity contribution in [1.29, 1.82) is 0 Å². The lowest BCUT2D eigenvalue weighted by atomic mass is 10.1. The Hall–Kier alpha value is -2.05. The van der Waals surface area contributed by atoms with Crippen molar-refractivity contribution in [1.82, 2.24) is 10.2 Å². The van der Waals surface area contributed by atoms with Gasteiger partial charge in [0.1, 0.15) is 11.9 Å². The smallest absolute Gasteiger partial charge is 0.242 e. The van der Waals surface area contributed by atoms with Crippen LogP contribution in [0.3, 0.4) is 0 Å². The quantitative estimate of drug-likeness (QED) is 0.551. The molecule has 2 atom stereocenters. The molecule has 2 amide bonds. The second kappa shape index (κ2) is 12.0. The zero-order valence-corrected chi connectivity index (χ0v) is 19.1. The van der Waals surface area contributed by atoms with Gasteiger partial charge in [0.05, 0.1) is 5.75 Å². The lowest BCUT2D eigenvalue weighted by molar-refractivity contribution is -0.138. The Morgan fingerprint density at radius 1 is 1.07 bits per heavy atom. The standard InChI is InChI=1S/C23H28ClFN2O2S/c1-4-16(2)26-23(29)17(3)27(13-18-7-11-21(25)12-8-18)22(28)15-30-14-19-5-9-20(24)10-6-19/h5-12,16-17H,4,13-15H2,1-3H3,(H,26,29)/t16-,17-/m0/s1. The summed E-state index contributed by atoms with van der Waals surface area (Å²) in [5.74, 6) is 0.247. The summed E-state index contributed by atoms with van der Waals surface area (Å²) in [6, 6.07) is 12.9. The second-order valence-electron chi connectivity index (χ2n) is 7.26. The third kappa shape index (κ3) is 7.65. The van der Waals surface area contributed by atoms with E-state index in [2.05, 4.69) is 5.32 Å². The summed E-state index contributed by atoms with van der Waals surface area (Å²) in [4.78, 5) is 27.2. The first-order chi connectivity index (χ1) is 14.3. The Labute approximate surface area is 187 Å². The summed E-state index contributed by atoms with van der Waals surface area (Å²) in [6.07, 6.45) is 0.807. The van der Waals surface area contributed by atoms with E-state index in [0.717, 1.165) is 17.5 Å². The van der Waals surface area contributed by atoms with Gasteiger partial charge in [-0.15, -0.1) is 11.8 Å². The first-order valence-electron chi connectivity index (χ1n) is 9.96. The molecule has 0 saturated carbocycles. The summed E-state index contributed by atoms with van der Waals surface area (Å²) in [5, 5.41) is 3.61. The molecule has 30 heavy (non-hydrogen) atoms. The predicted octanol–water partition coefficient (Wildman–Crippen LogP) is 5.04. The number of hydrogen-bond acceptors (Lipinski definition) is 3. The number of rotatable bonds is 10. The molecule has 2 rings (SSSR count). The van der Waals surface area contributed by atoms with Gasteiger partial charge < -0.3 is 10.2 Å². The molecule has 0 heterocycles. The maximum atomic E-state index is 13.2. The van der Waals surface area contributed by atoms with Crippen molar-refractivity contribution in [3.8, 4) is 0 Å². The molecule has 0 saturated heterocycles. The molecule has 2 aromatic rings. The first-order valence-corrected chi connectivity index (χ1v) is 11.5. The third-order valence-corrected chi connectivity index (χ3v) is 6.08. The van der Waals surface area contributed by atoms with E-state index >= 15 is 0 Å². The number of nitrogens with zero attached hydrogens (tertiary/aromatic N) is 1. The number of carbonyl (C=O) groups is 2. The molecule has 162 valence electrons. The highest BCUT2D eigenvalue weighted by molar-refractivity contribution is 7.99. The number of carbonyl (C=O) groups excluding carboxylic acids is 2. The van der Waals surface area contributed by atoms with Crippen LogP contribution in [0.25, 0.3) is 0 Å². The molecule has 0 aromatic heterocycles. The van der Waals surface area contributed by atoms with Gasteiger partial charge in [-0.05, 0) is 55.7 Å². The molecule has 0 fully saturated rings. The number of benzene rings is 2. The topological polar surface area (TPSA) is 49.4 Å². The number of nitrogens with one attached hydrogen (secondary N) is 1. The van der Waals surface area contributed by atoms with Crippen LogP contribution >= 0.6 is 23.4 Å². The zero-order chi connectivity index (χ0) is 22.1. The number of halogens is 2. The van der Waals surface area contributed by atoms with Crippen LogP contribution in [0.1, 0.15) is 38.3 Å². The lowest BCUT2D eigenvalue weighted by Crippen LogP contribution is -2.50. The molecule has 2 aromatic carbocycles. The van der Waals surface area contributed by atoms with E-state index in [9.17, 15) is 14.0 Å². The average Bonchev–Trinajstić information content (AvgIpc) is 2.74. The lowest BCUT2D eigenvalue weighted by Gasteiger charge is -2.29. The Morgan fingerprint density at radius 3 is 2.27 bits per heavy atom. The average molecular weight is 451 g/mol. The van der Waals surface area contributed by atoms with Gasteiger partial charge in [-0.1, -0.05) is 42.8 Å². The van der Waals surface area contributed by atoms with E-state index in [4.69, 9.17) is 11.6 Å². The van der Waals surface area contributed by atoms with Crippen LogP contribution in [0.2, 0.25) is 5.02 Å². The maximum Gasteiger partial charge on any atom is 0.242 e. The third-order valence-electron chi connectivity index (χ3n) is 4.84. The van der Waals surface area contributed by atoms with Crippen LogP contribution in [0.4, 0.5) is 4.39 Å². The largest absolute Gasteiger partial charge is 0.352 e. The highest BCUT2D eigenvalue weighted by Crippen LogP contribution is 2.18. The minimum Gasteiger partial charge on any atom is -0.352 e. The van der Waals surface area contributed by atoms with E-state index in [1.807, 2.05) is 38.1 Å². The number of hydrogen-bond donors (Lipinski definition) is 1. The normalized spacial score (nSPS) is 12.8. The minimum absolute atomic E-state index is 0.0296. The van der Waals surface area contributed by atoms with Crippen molar-refractivity contribution in [2.45, 2.75) is 51.6 Å². The Morgan fingerprint density at radius 2 is 1.67 bits per heavy atom. The molecule has 1 N–H and O–H groups in total. The van der Waals surface area contributed by atoms with Crippen LogP contribution in [0.5, 0.6) is 0 Å². The van der Waals surface area contributed by atoms with Gasteiger partial charge in [0.25, 0.3) is 0 Å². The van der Waals surface area contributed by atoms with Crippen molar-refractivity contribution in [3.63, 3.8) is 0 Å². The van der Waals surface area contributed by atoms with E-state index in [1.54, 1.807) is 24.0 Å². The molecule has 7 heteroatoms. The van der Waals surface area contributed by atoms with Crippen molar-refractivity contribution in [3.05, 3.63) is 70.5 Å². The first kappa shape index (κ1) is 24.2. The molecule has 0 bridgehead atoms. The fourth-order valence-corrected chi connectivity index (χ4v) is 3.75. The van der Waals surface area contributed by atoms with Crippen LogP contribution in [-0.2, 0) is 21.9 Å². The monoisotopic (exact) mass is 450 g/mol. The van der Waals surface area contributed by atoms with E-state index in [0.29, 0.717) is 10.8 Å². The van der Waals surface area contributed by atoms with E-state index in [-0.39, 0.29) is 36.0 Å². The molecule has 0 aliphatic carbocycles. The van der Waals surface area contributed by atoms with Gasteiger partial charge in [0.2, 0.25) is 11.8 Å². The molecule has 0 spiro atoms. The summed E-state index contributed by atoms with van der Waals surface area (Å²) in [6.45, 7) is 5.89. The van der Waals surface area contributed by atoms with E-state index in [1.165, 1.54) is 23.9 Å². The number of thioether (sulfide) groups is 1. The van der Waals surface area contributed by atoms with Crippen molar-refractivity contribution >= 4 is 35.2 Å². The van der Waals surface area contributed by atoms with Crippen molar-refractivity contribution < 1.29 is 14.0 Å². The van der Waals surface area contributed by atoms with Crippen molar-refractivity contribution in [2.24, 2.45) is 0 Å². The van der Waals surface area contributed by atoms with Gasteiger partial charge in [-0.3, -0.25) is 9.59 Å². The summed E-state index contributed by atoms with van der Waals surface area (Å²) < 4.78 is 13.2. The Balaban J connectivity index is 2.06. The van der Waals surface area contributed by atoms with Crippen LogP contribution in [0, 0.1) is 5.82 Å². The molecular formula is C23H28ClFN2O2S. The van der Waals surface area contributed by atoms with Gasteiger partial charge >= 0.3 is 0 Å². The highest BCUT2D eigenvalue weighted by Gasteiger charge is 2.26. The Kier molecular flexibility index (Phi) is 9.66. The van der Waals surface area contributed by atoms with E-state index < -0.39 is 6.04 Å². The van der Waals surface area contributed by atoms with Crippen LogP contribution in [-0.4, -0.2) is 34.6 Å². The van der Waals surface area contributed by atoms with Gasteiger partial charge in [-0.2, -0.15) is 0 Å². The molecule has 0 aliphatic rings. The fourth-order valence-electron chi connectivity index (χ4n) is 2.75. The molecule has 4 nitrogen and oxygen atoms in total.